The van der Waals surface area contributed by atoms with Crippen molar-refractivity contribution in [3.63, 3.8) is 0 Å². The predicted molar refractivity (Wildman–Crippen MR) is 67.0 cm³/mol. The van der Waals surface area contributed by atoms with Crippen LogP contribution in [0.2, 0.25) is 0 Å². The topological polar surface area (TPSA) is 53.2 Å². The second-order valence-corrected chi connectivity index (χ2v) is 4.64. The number of hydrazine groups is 1. The van der Waals surface area contributed by atoms with Crippen LogP contribution < -0.4 is 16.2 Å². The molecule has 0 aromatic heterocycles. The maximum Gasteiger partial charge on any atom is 0.225 e. The van der Waals surface area contributed by atoms with Crippen molar-refractivity contribution < 1.29 is 4.79 Å². The lowest BCUT2D eigenvalue weighted by Gasteiger charge is -2.17. The lowest BCUT2D eigenvalue weighted by atomic mass is 10.0. The molecule has 17 heavy (non-hydrogen) atoms. The molecule has 3 atom stereocenters. The molecule has 0 aliphatic carbocycles. The van der Waals surface area contributed by atoms with E-state index in [0.29, 0.717) is 18.4 Å². The summed E-state index contributed by atoms with van der Waals surface area (Å²) in [5, 5.41) is 2.99. The number of rotatable bonds is 3. The molecule has 1 heterocycles. The summed E-state index contributed by atoms with van der Waals surface area (Å²) in [7, 11) is 0. The highest BCUT2D eigenvalue weighted by Gasteiger charge is 2.29. The van der Waals surface area contributed by atoms with Crippen molar-refractivity contribution in [1.82, 2.24) is 16.2 Å². The Bertz CT molecular complexity index is 380. The van der Waals surface area contributed by atoms with Gasteiger partial charge < -0.3 is 5.32 Å². The van der Waals surface area contributed by atoms with Crippen molar-refractivity contribution >= 4 is 5.91 Å². The van der Waals surface area contributed by atoms with Crippen molar-refractivity contribution in [2.75, 3.05) is 0 Å². The molecule has 0 spiro atoms. The van der Waals surface area contributed by atoms with E-state index in [9.17, 15) is 4.79 Å². The van der Waals surface area contributed by atoms with Crippen LogP contribution in [-0.2, 0) is 11.2 Å². The van der Waals surface area contributed by atoms with Crippen LogP contribution >= 0.6 is 0 Å². The smallest absolute Gasteiger partial charge is 0.225 e. The fourth-order valence-corrected chi connectivity index (χ4v) is 1.95. The fourth-order valence-electron chi connectivity index (χ4n) is 1.95. The minimum atomic E-state index is 0.0150. The van der Waals surface area contributed by atoms with Crippen molar-refractivity contribution in [3.05, 3.63) is 35.9 Å². The van der Waals surface area contributed by atoms with Crippen LogP contribution in [0.3, 0.4) is 0 Å². The lowest BCUT2D eigenvalue weighted by molar-refractivity contribution is -0.121. The van der Waals surface area contributed by atoms with Gasteiger partial charge >= 0.3 is 0 Å². The second-order valence-electron chi connectivity index (χ2n) is 4.64. The summed E-state index contributed by atoms with van der Waals surface area (Å²) in [5.74, 6) is 0.436. The standard InChI is InChI=1S/C13H19N3O/c1-9-10(2)15-16-13(9)14-12(17)8-11-6-4-3-5-7-11/h3-7,9-10,13,15-16H,8H2,1-2H3,(H,14,17). The Labute approximate surface area is 102 Å². The number of amides is 1. The first kappa shape index (κ1) is 12.1. The van der Waals surface area contributed by atoms with Gasteiger partial charge in [-0.05, 0) is 12.5 Å². The number of hydrogen-bond acceptors (Lipinski definition) is 3. The predicted octanol–water partition coefficient (Wildman–Crippen LogP) is 0.804. The fraction of sp³-hybridized carbons (Fsp3) is 0.462. The van der Waals surface area contributed by atoms with Gasteiger partial charge in [0, 0.05) is 12.0 Å². The molecule has 1 aromatic carbocycles. The summed E-state index contributed by atoms with van der Waals surface area (Å²) in [6.07, 6.45) is 0.446. The second kappa shape index (κ2) is 5.29. The first-order valence-corrected chi connectivity index (χ1v) is 6.01. The van der Waals surface area contributed by atoms with Crippen LogP contribution in [0.4, 0.5) is 0 Å². The van der Waals surface area contributed by atoms with Crippen molar-refractivity contribution in [1.29, 1.82) is 0 Å². The summed E-state index contributed by atoms with van der Waals surface area (Å²) >= 11 is 0. The number of carbonyl (C=O) groups is 1. The molecule has 1 amide bonds. The van der Waals surface area contributed by atoms with Gasteiger partial charge in [0.2, 0.25) is 5.91 Å². The van der Waals surface area contributed by atoms with Gasteiger partial charge in [0.1, 0.15) is 0 Å². The summed E-state index contributed by atoms with van der Waals surface area (Å²) in [5.41, 5.74) is 7.25. The Morgan fingerprint density at radius 2 is 1.94 bits per heavy atom. The first-order chi connectivity index (χ1) is 8.16. The van der Waals surface area contributed by atoms with E-state index in [-0.39, 0.29) is 12.1 Å². The number of hydrogen-bond donors (Lipinski definition) is 3. The molecule has 0 bridgehead atoms. The molecule has 1 fully saturated rings. The largest absolute Gasteiger partial charge is 0.339 e. The maximum atomic E-state index is 11.8. The molecule has 4 nitrogen and oxygen atoms in total. The molecule has 2 rings (SSSR count). The first-order valence-electron chi connectivity index (χ1n) is 6.01. The monoisotopic (exact) mass is 233 g/mol. The Kier molecular flexibility index (Phi) is 3.76. The van der Waals surface area contributed by atoms with Crippen LogP contribution in [0.5, 0.6) is 0 Å². The van der Waals surface area contributed by atoms with Gasteiger partial charge in [0.25, 0.3) is 0 Å². The van der Waals surface area contributed by atoms with Crippen LogP contribution in [-0.4, -0.2) is 18.1 Å². The number of nitrogens with one attached hydrogen (secondary N) is 3. The zero-order valence-corrected chi connectivity index (χ0v) is 10.2. The Balaban J connectivity index is 1.86. The minimum absolute atomic E-state index is 0.0150. The van der Waals surface area contributed by atoms with Gasteiger partial charge in [-0.2, -0.15) is 0 Å². The van der Waals surface area contributed by atoms with Crippen LogP contribution in [0.25, 0.3) is 0 Å². The van der Waals surface area contributed by atoms with Gasteiger partial charge in [0.15, 0.2) is 0 Å². The molecular formula is C13H19N3O. The van der Waals surface area contributed by atoms with Gasteiger partial charge in [-0.1, -0.05) is 37.3 Å². The van der Waals surface area contributed by atoms with Crippen LogP contribution in [0.15, 0.2) is 30.3 Å². The Morgan fingerprint density at radius 3 is 2.53 bits per heavy atom. The molecular weight excluding hydrogens is 214 g/mol. The van der Waals surface area contributed by atoms with E-state index < -0.39 is 0 Å². The molecule has 4 heteroatoms. The zero-order chi connectivity index (χ0) is 12.3. The van der Waals surface area contributed by atoms with Crippen molar-refractivity contribution in [2.24, 2.45) is 5.92 Å². The molecule has 92 valence electrons. The SMILES string of the molecule is CC1NNC(NC(=O)Cc2ccccc2)C1C. The third-order valence-corrected chi connectivity index (χ3v) is 3.30. The Hall–Kier alpha value is -1.39. The van der Waals surface area contributed by atoms with E-state index >= 15 is 0 Å². The van der Waals surface area contributed by atoms with Crippen LogP contribution in [0.1, 0.15) is 19.4 Å². The van der Waals surface area contributed by atoms with E-state index in [1.807, 2.05) is 30.3 Å². The highest BCUT2D eigenvalue weighted by atomic mass is 16.1. The van der Waals surface area contributed by atoms with Gasteiger partial charge in [-0.15, -0.1) is 0 Å². The molecule has 1 aliphatic rings. The van der Waals surface area contributed by atoms with Gasteiger partial charge in [-0.25, -0.2) is 5.43 Å². The number of carbonyl (C=O) groups excluding carboxylic acids is 1. The normalized spacial score (nSPS) is 28.0. The quantitative estimate of drug-likeness (QED) is 0.724. The lowest BCUT2D eigenvalue weighted by Crippen LogP contribution is -2.46. The average molecular weight is 233 g/mol. The summed E-state index contributed by atoms with van der Waals surface area (Å²) in [6.45, 7) is 4.21. The van der Waals surface area contributed by atoms with E-state index in [1.165, 1.54) is 0 Å². The maximum absolute atomic E-state index is 11.8. The minimum Gasteiger partial charge on any atom is -0.339 e. The zero-order valence-electron chi connectivity index (χ0n) is 10.2. The molecule has 0 saturated carbocycles. The molecule has 1 saturated heterocycles. The average Bonchev–Trinajstić information content (AvgIpc) is 2.62. The third-order valence-electron chi connectivity index (χ3n) is 3.30. The van der Waals surface area contributed by atoms with Crippen LogP contribution in [0, 0.1) is 5.92 Å². The van der Waals surface area contributed by atoms with Crippen molar-refractivity contribution in [3.8, 4) is 0 Å². The van der Waals surface area contributed by atoms with E-state index in [2.05, 4.69) is 30.0 Å². The molecule has 1 aromatic rings. The highest BCUT2D eigenvalue weighted by molar-refractivity contribution is 5.78. The van der Waals surface area contributed by atoms with E-state index in [0.717, 1.165) is 5.56 Å². The molecule has 3 unspecified atom stereocenters. The van der Waals surface area contributed by atoms with Gasteiger partial charge in [0.05, 0.1) is 12.6 Å². The van der Waals surface area contributed by atoms with Crippen molar-refractivity contribution in [2.45, 2.75) is 32.5 Å². The molecule has 3 N–H and O–H groups in total. The molecule has 1 aliphatic heterocycles. The summed E-state index contributed by atoms with van der Waals surface area (Å²) in [4.78, 5) is 11.8. The number of benzene rings is 1. The summed E-state index contributed by atoms with van der Waals surface area (Å²) < 4.78 is 0. The van der Waals surface area contributed by atoms with Gasteiger partial charge in [-0.3, -0.25) is 10.2 Å². The van der Waals surface area contributed by atoms with E-state index in [1.54, 1.807) is 0 Å². The summed E-state index contributed by atoms with van der Waals surface area (Å²) in [6, 6.07) is 10.1. The third kappa shape index (κ3) is 3.05. The molecule has 0 radical (unpaired) electrons. The van der Waals surface area contributed by atoms with E-state index in [4.69, 9.17) is 0 Å². The highest BCUT2D eigenvalue weighted by Crippen LogP contribution is 2.11. The Morgan fingerprint density at radius 1 is 1.24 bits per heavy atom.